The van der Waals surface area contributed by atoms with Crippen LogP contribution < -0.4 is 5.32 Å². The van der Waals surface area contributed by atoms with E-state index in [2.05, 4.69) is 10.3 Å². The Bertz CT molecular complexity index is 789. The summed E-state index contributed by atoms with van der Waals surface area (Å²) >= 11 is 11.6. The normalized spacial score (nSPS) is 10.4. The number of esters is 1. The number of anilines is 1. The number of benzene rings is 1. The maximum atomic E-state index is 13.0. The highest BCUT2D eigenvalue weighted by Gasteiger charge is 2.18. The highest BCUT2D eigenvalue weighted by Crippen LogP contribution is 2.21. The van der Waals surface area contributed by atoms with E-state index < -0.39 is 24.3 Å². The summed E-state index contributed by atoms with van der Waals surface area (Å²) in [5.74, 6) is -1.95. The monoisotopic (exact) mass is 370 g/mol. The SMILES string of the molecule is Cc1cc(C)c(C(=O)OCC(=O)Nc2ccc(F)c(Cl)c2)c(Cl)n1. The van der Waals surface area contributed by atoms with Crippen molar-refractivity contribution in [3.63, 3.8) is 0 Å². The predicted molar refractivity (Wildman–Crippen MR) is 89.0 cm³/mol. The highest BCUT2D eigenvalue weighted by atomic mass is 35.5. The second kappa shape index (κ2) is 7.59. The van der Waals surface area contributed by atoms with E-state index in [-0.39, 0.29) is 21.4 Å². The number of aromatic nitrogens is 1. The summed E-state index contributed by atoms with van der Waals surface area (Å²) in [4.78, 5) is 27.8. The Morgan fingerprint density at radius 3 is 2.58 bits per heavy atom. The first-order valence-corrected chi connectivity index (χ1v) is 7.59. The van der Waals surface area contributed by atoms with Crippen molar-refractivity contribution >= 4 is 40.8 Å². The number of amides is 1. The van der Waals surface area contributed by atoms with Crippen LogP contribution in [0.25, 0.3) is 0 Å². The van der Waals surface area contributed by atoms with Gasteiger partial charge in [0.2, 0.25) is 0 Å². The molecule has 1 heterocycles. The molecule has 1 N–H and O–H groups in total. The fourth-order valence-electron chi connectivity index (χ4n) is 2.01. The quantitative estimate of drug-likeness (QED) is 0.653. The van der Waals surface area contributed by atoms with Gasteiger partial charge in [-0.25, -0.2) is 14.2 Å². The number of carbonyl (C=O) groups excluding carboxylic acids is 2. The van der Waals surface area contributed by atoms with Gasteiger partial charge in [-0.1, -0.05) is 23.2 Å². The summed E-state index contributed by atoms with van der Waals surface area (Å²) in [6.07, 6.45) is 0. The lowest BCUT2D eigenvalue weighted by Crippen LogP contribution is -2.21. The third-order valence-electron chi connectivity index (χ3n) is 3.04. The van der Waals surface area contributed by atoms with E-state index in [1.54, 1.807) is 19.9 Å². The predicted octanol–water partition coefficient (Wildman–Crippen LogP) is 3.94. The van der Waals surface area contributed by atoms with Crippen molar-refractivity contribution in [1.29, 1.82) is 0 Å². The molecule has 24 heavy (non-hydrogen) atoms. The topological polar surface area (TPSA) is 68.3 Å². The van der Waals surface area contributed by atoms with Crippen molar-refractivity contribution in [2.24, 2.45) is 0 Å². The van der Waals surface area contributed by atoms with Gasteiger partial charge in [0.15, 0.2) is 6.61 Å². The number of hydrogen-bond acceptors (Lipinski definition) is 4. The first-order valence-electron chi connectivity index (χ1n) is 6.83. The third-order valence-corrected chi connectivity index (χ3v) is 3.61. The Hall–Kier alpha value is -2.18. The standard InChI is InChI=1S/C16H13Cl2FN2O3/c1-8-5-9(2)20-15(18)14(8)16(23)24-7-13(22)21-10-3-4-12(19)11(17)6-10/h3-6H,7H2,1-2H3,(H,21,22). The summed E-state index contributed by atoms with van der Waals surface area (Å²) in [5.41, 5.74) is 1.66. The van der Waals surface area contributed by atoms with Gasteiger partial charge in [-0.05, 0) is 43.7 Å². The van der Waals surface area contributed by atoms with Gasteiger partial charge >= 0.3 is 5.97 Å². The van der Waals surface area contributed by atoms with Gasteiger partial charge in [-0.3, -0.25) is 4.79 Å². The zero-order valence-electron chi connectivity index (χ0n) is 12.8. The second-order valence-corrected chi connectivity index (χ2v) is 5.76. The molecular formula is C16H13Cl2FN2O3. The summed E-state index contributed by atoms with van der Waals surface area (Å²) in [5, 5.41) is 2.33. The van der Waals surface area contributed by atoms with Gasteiger partial charge in [0.05, 0.1) is 10.6 Å². The average molecular weight is 371 g/mol. The lowest BCUT2D eigenvalue weighted by molar-refractivity contribution is -0.119. The molecule has 0 aliphatic heterocycles. The van der Waals surface area contributed by atoms with Crippen LogP contribution in [0.4, 0.5) is 10.1 Å². The molecule has 0 unspecified atom stereocenters. The molecule has 0 bridgehead atoms. The number of ether oxygens (including phenoxy) is 1. The molecule has 2 rings (SSSR count). The molecule has 2 aromatic rings. The first kappa shape index (κ1) is 18.2. The van der Waals surface area contributed by atoms with Crippen LogP contribution >= 0.6 is 23.2 Å². The van der Waals surface area contributed by atoms with E-state index in [9.17, 15) is 14.0 Å². The van der Waals surface area contributed by atoms with Crippen LogP contribution in [-0.4, -0.2) is 23.5 Å². The van der Waals surface area contributed by atoms with Gasteiger partial charge in [0.25, 0.3) is 5.91 Å². The number of hydrogen-bond donors (Lipinski definition) is 1. The molecule has 126 valence electrons. The molecule has 0 aliphatic carbocycles. The Morgan fingerprint density at radius 1 is 1.25 bits per heavy atom. The van der Waals surface area contributed by atoms with Crippen LogP contribution in [0.5, 0.6) is 0 Å². The maximum Gasteiger partial charge on any atom is 0.342 e. The van der Waals surface area contributed by atoms with Crippen molar-refractivity contribution < 1.29 is 18.7 Å². The van der Waals surface area contributed by atoms with Gasteiger partial charge in [-0.15, -0.1) is 0 Å². The number of nitrogens with one attached hydrogen (secondary N) is 1. The molecule has 0 spiro atoms. The van der Waals surface area contributed by atoms with Crippen LogP contribution in [0, 0.1) is 19.7 Å². The van der Waals surface area contributed by atoms with E-state index >= 15 is 0 Å². The highest BCUT2D eigenvalue weighted by molar-refractivity contribution is 6.32. The lowest BCUT2D eigenvalue weighted by atomic mass is 10.1. The van der Waals surface area contributed by atoms with E-state index in [1.165, 1.54) is 12.1 Å². The summed E-state index contributed by atoms with van der Waals surface area (Å²) in [6, 6.07) is 5.39. The molecule has 0 atom stereocenters. The van der Waals surface area contributed by atoms with Crippen molar-refractivity contribution in [2.75, 3.05) is 11.9 Å². The third kappa shape index (κ3) is 4.43. The molecule has 0 radical (unpaired) electrons. The fourth-order valence-corrected chi connectivity index (χ4v) is 2.55. The Morgan fingerprint density at radius 2 is 1.96 bits per heavy atom. The molecule has 1 amide bonds. The van der Waals surface area contributed by atoms with Crippen molar-refractivity contribution in [2.45, 2.75) is 13.8 Å². The molecule has 1 aromatic carbocycles. The van der Waals surface area contributed by atoms with E-state index in [0.717, 1.165) is 6.07 Å². The number of rotatable bonds is 4. The minimum atomic E-state index is -0.753. The maximum absolute atomic E-state index is 13.0. The number of halogens is 3. The van der Waals surface area contributed by atoms with Gasteiger partial charge in [0.1, 0.15) is 11.0 Å². The van der Waals surface area contributed by atoms with Crippen LogP contribution in [0.1, 0.15) is 21.6 Å². The molecule has 0 aliphatic rings. The smallest absolute Gasteiger partial charge is 0.342 e. The number of nitrogens with zero attached hydrogens (tertiary/aromatic N) is 1. The Kier molecular flexibility index (Phi) is 5.75. The van der Waals surface area contributed by atoms with Gasteiger partial charge in [0, 0.05) is 11.4 Å². The molecule has 5 nitrogen and oxygen atoms in total. The van der Waals surface area contributed by atoms with Gasteiger partial charge in [-0.2, -0.15) is 0 Å². The van der Waals surface area contributed by atoms with Crippen molar-refractivity contribution in [1.82, 2.24) is 4.98 Å². The zero-order valence-corrected chi connectivity index (χ0v) is 14.3. The summed E-state index contributed by atoms with van der Waals surface area (Å²) < 4.78 is 18.0. The van der Waals surface area contributed by atoms with Crippen molar-refractivity contribution in [3.05, 3.63) is 57.1 Å². The average Bonchev–Trinajstić information content (AvgIpc) is 2.48. The second-order valence-electron chi connectivity index (χ2n) is 5.00. The molecular weight excluding hydrogens is 358 g/mol. The van der Waals surface area contributed by atoms with Crippen LogP contribution in [0.2, 0.25) is 10.2 Å². The fraction of sp³-hybridized carbons (Fsp3) is 0.188. The Labute approximate surface area is 147 Å². The molecule has 0 saturated heterocycles. The lowest BCUT2D eigenvalue weighted by Gasteiger charge is -2.10. The van der Waals surface area contributed by atoms with Crippen LogP contribution in [0.15, 0.2) is 24.3 Å². The van der Waals surface area contributed by atoms with Gasteiger partial charge < -0.3 is 10.1 Å². The largest absolute Gasteiger partial charge is 0.452 e. The summed E-state index contributed by atoms with van der Waals surface area (Å²) in [6.45, 7) is 2.91. The summed E-state index contributed by atoms with van der Waals surface area (Å²) in [7, 11) is 0. The van der Waals surface area contributed by atoms with Crippen LogP contribution in [0.3, 0.4) is 0 Å². The van der Waals surface area contributed by atoms with E-state index in [1.807, 2.05) is 0 Å². The van der Waals surface area contributed by atoms with Crippen LogP contribution in [-0.2, 0) is 9.53 Å². The molecule has 8 heteroatoms. The minimum Gasteiger partial charge on any atom is -0.452 e. The molecule has 0 saturated carbocycles. The zero-order chi connectivity index (χ0) is 17.9. The number of carbonyl (C=O) groups is 2. The molecule has 1 aromatic heterocycles. The van der Waals surface area contributed by atoms with Crippen molar-refractivity contribution in [3.8, 4) is 0 Å². The number of pyridine rings is 1. The van der Waals surface area contributed by atoms with E-state index in [0.29, 0.717) is 11.3 Å². The molecule has 0 fully saturated rings. The Balaban J connectivity index is 1.99. The first-order chi connectivity index (χ1) is 11.3. The number of aryl methyl sites for hydroxylation is 2. The minimum absolute atomic E-state index is 0.0169. The van der Waals surface area contributed by atoms with E-state index in [4.69, 9.17) is 27.9 Å².